The Morgan fingerprint density at radius 1 is 1.23 bits per heavy atom. The standard InChI is InChI=1S/C17H26N2O3/c1-11-6-7-12(2)14(8-11)19-16(22)15(21)18-10-17(4,5)9-13(3)20/h6-8,13,20H,9-10H2,1-5H3,(H,18,21)(H,19,22). The van der Waals surface area contributed by atoms with Gasteiger partial charge in [-0.1, -0.05) is 26.0 Å². The molecule has 0 saturated heterocycles. The summed E-state index contributed by atoms with van der Waals surface area (Å²) >= 11 is 0. The largest absolute Gasteiger partial charge is 0.393 e. The van der Waals surface area contributed by atoms with Gasteiger partial charge in [-0.15, -0.1) is 0 Å². The molecular weight excluding hydrogens is 280 g/mol. The van der Waals surface area contributed by atoms with E-state index in [0.717, 1.165) is 11.1 Å². The third-order valence-electron chi connectivity index (χ3n) is 3.42. The Bertz CT molecular complexity index is 551. The molecule has 0 fully saturated rings. The fraction of sp³-hybridized carbons (Fsp3) is 0.529. The number of nitrogens with one attached hydrogen (secondary N) is 2. The molecule has 0 radical (unpaired) electrons. The normalized spacial score (nSPS) is 12.6. The molecule has 0 aliphatic rings. The van der Waals surface area contributed by atoms with Crippen molar-refractivity contribution in [3.8, 4) is 0 Å². The average Bonchev–Trinajstić information content (AvgIpc) is 2.38. The van der Waals surface area contributed by atoms with Gasteiger partial charge in [0.1, 0.15) is 0 Å². The van der Waals surface area contributed by atoms with Crippen molar-refractivity contribution in [3.05, 3.63) is 29.3 Å². The lowest BCUT2D eigenvalue weighted by Crippen LogP contribution is -2.41. The van der Waals surface area contributed by atoms with Crippen molar-refractivity contribution >= 4 is 17.5 Å². The Morgan fingerprint density at radius 3 is 2.45 bits per heavy atom. The molecule has 1 atom stereocenters. The number of benzene rings is 1. The van der Waals surface area contributed by atoms with Crippen molar-refractivity contribution in [1.82, 2.24) is 5.32 Å². The highest BCUT2D eigenvalue weighted by atomic mass is 16.3. The fourth-order valence-corrected chi connectivity index (χ4v) is 2.32. The number of amides is 2. The van der Waals surface area contributed by atoms with Gasteiger partial charge in [0.15, 0.2) is 0 Å². The first kappa shape index (κ1) is 18.2. The molecule has 5 nitrogen and oxygen atoms in total. The van der Waals surface area contributed by atoms with Gasteiger partial charge in [0.05, 0.1) is 6.10 Å². The van der Waals surface area contributed by atoms with E-state index in [0.29, 0.717) is 18.7 Å². The molecule has 122 valence electrons. The SMILES string of the molecule is Cc1ccc(C)c(NC(=O)C(=O)NCC(C)(C)CC(C)O)c1. The Hall–Kier alpha value is -1.88. The van der Waals surface area contributed by atoms with Gasteiger partial charge in [-0.3, -0.25) is 9.59 Å². The molecule has 22 heavy (non-hydrogen) atoms. The van der Waals surface area contributed by atoms with Crippen molar-refractivity contribution in [2.75, 3.05) is 11.9 Å². The summed E-state index contributed by atoms with van der Waals surface area (Å²) in [4.78, 5) is 23.8. The topological polar surface area (TPSA) is 78.4 Å². The molecule has 0 saturated carbocycles. The zero-order valence-corrected chi connectivity index (χ0v) is 14.0. The molecule has 5 heteroatoms. The average molecular weight is 306 g/mol. The maximum atomic E-state index is 11.9. The smallest absolute Gasteiger partial charge is 0.313 e. The second-order valence-electron chi connectivity index (χ2n) is 6.67. The molecule has 0 aromatic heterocycles. The number of aryl methyl sites for hydroxylation is 2. The van der Waals surface area contributed by atoms with E-state index < -0.39 is 17.9 Å². The number of carbonyl (C=O) groups excluding carboxylic acids is 2. The number of aliphatic hydroxyl groups is 1. The first-order chi connectivity index (χ1) is 10.1. The summed E-state index contributed by atoms with van der Waals surface area (Å²) in [5.41, 5.74) is 2.28. The lowest BCUT2D eigenvalue weighted by Gasteiger charge is -2.26. The summed E-state index contributed by atoms with van der Waals surface area (Å²) < 4.78 is 0. The minimum Gasteiger partial charge on any atom is -0.393 e. The van der Waals surface area contributed by atoms with E-state index in [2.05, 4.69) is 10.6 Å². The molecule has 0 bridgehead atoms. The summed E-state index contributed by atoms with van der Waals surface area (Å²) in [6.45, 7) is 9.70. The molecule has 1 aromatic rings. The molecule has 1 aromatic carbocycles. The van der Waals surface area contributed by atoms with E-state index in [1.54, 1.807) is 6.92 Å². The molecule has 2 amide bonds. The van der Waals surface area contributed by atoms with E-state index in [1.165, 1.54) is 0 Å². The van der Waals surface area contributed by atoms with E-state index in [9.17, 15) is 14.7 Å². The molecule has 1 unspecified atom stereocenters. The number of hydrogen-bond donors (Lipinski definition) is 3. The summed E-state index contributed by atoms with van der Waals surface area (Å²) in [5.74, 6) is -1.35. The number of hydrogen-bond acceptors (Lipinski definition) is 3. The third kappa shape index (κ3) is 5.85. The van der Waals surface area contributed by atoms with Gasteiger partial charge < -0.3 is 15.7 Å². The summed E-state index contributed by atoms with van der Waals surface area (Å²) in [6, 6.07) is 5.68. The zero-order valence-electron chi connectivity index (χ0n) is 14.0. The van der Waals surface area contributed by atoms with Crippen LogP contribution in [0.3, 0.4) is 0 Å². The Morgan fingerprint density at radius 2 is 1.86 bits per heavy atom. The summed E-state index contributed by atoms with van der Waals surface area (Å²) in [6.07, 6.45) is 0.0991. The van der Waals surface area contributed by atoms with E-state index in [4.69, 9.17) is 0 Å². The highest BCUT2D eigenvalue weighted by molar-refractivity contribution is 6.39. The monoisotopic (exact) mass is 306 g/mol. The Kier molecular flexibility index (Phi) is 6.11. The van der Waals surface area contributed by atoms with E-state index in [1.807, 2.05) is 45.9 Å². The zero-order chi connectivity index (χ0) is 16.9. The number of anilines is 1. The van der Waals surface area contributed by atoms with E-state index in [-0.39, 0.29) is 5.41 Å². The summed E-state index contributed by atoms with van der Waals surface area (Å²) in [5, 5.41) is 14.7. The van der Waals surface area contributed by atoms with Crippen LogP contribution in [-0.4, -0.2) is 29.6 Å². The second-order valence-corrected chi connectivity index (χ2v) is 6.67. The lowest BCUT2D eigenvalue weighted by molar-refractivity contribution is -0.136. The van der Waals surface area contributed by atoms with Crippen LogP contribution in [0.25, 0.3) is 0 Å². The molecule has 0 aliphatic carbocycles. The first-order valence-electron chi connectivity index (χ1n) is 7.45. The van der Waals surface area contributed by atoms with Gasteiger partial charge in [-0.25, -0.2) is 0 Å². The van der Waals surface area contributed by atoms with Crippen molar-refractivity contribution in [3.63, 3.8) is 0 Å². The van der Waals surface area contributed by atoms with E-state index >= 15 is 0 Å². The molecular formula is C17H26N2O3. The van der Waals surface area contributed by atoms with Crippen molar-refractivity contribution < 1.29 is 14.7 Å². The quantitative estimate of drug-likeness (QED) is 0.729. The van der Waals surface area contributed by atoms with Crippen LogP contribution >= 0.6 is 0 Å². The van der Waals surface area contributed by atoms with Crippen LogP contribution < -0.4 is 10.6 Å². The predicted octanol–water partition coefficient (Wildman–Crippen LogP) is 2.16. The maximum Gasteiger partial charge on any atom is 0.313 e. The van der Waals surface area contributed by atoms with Crippen LogP contribution in [-0.2, 0) is 9.59 Å². The minimum absolute atomic E-state index is 0.274. The predicted molar refractivity (Wildman–Crippen MR) is 87.6 cm³/mol. The van der Waals surface area contributed by atoms with Gasteiger partial charge in [0, 0.05) is 12.2 Å². The second kappa shape index (κ2) is 7.40. The van der Waals surface area contributed by atoms with Gasteiger partial charge in [-0.2, -0.15) is 0 Å². The highest BCUT2D eigenvalue weighted by Crippen LogP contribution is 2.21. The van der Waals surface area contributed by atoms with Gasteiger partial charge in [0.2, 0.25) is 0 Å². The minimum atomic E-state index is -0.679. The van der Waals surface area contributed by atoms with Crippen molar-refractivity contribution in [1.29, 1.82) is 0 Å². The van der Waals surface area contributed by atoms with Crippen LogP contribution in [0.2, 0.25) is 0 Å². The molecule has 0 heterocycles. The number of carbonyl (C=O) groups is 2. The van der Waals surface area contributed by atoms with Crippen molar-refractivity contribution in [2.24, 2.45) is 5.41 Å². The maximum absolute atomic E-state index is 11.9. The number of aliphatic hydroxyl groups excluding tert-OH is 1. The van der Waals surface area contributed by atoms with Crippen LogP contribution in [0.15, 0.2) is 18.2 Å². The van der Waals surface area contributed by atoms with Crippen LogP contribution in [0, 0.1) is 19.3 Å². The molecule has 1 rings (SSSR count). The molecule has 0 aliphatic heterocycles. The first-order valence-corrected chi connectivity index (χ1v) is 7.45. The lowest BCUT2D eigenvalue weighted by atomic mass is 9.87. The van der Waals surface area contributed by atoms with Crippen LogP contribution in [0.1, 0.15) is 38.3 Å². The molecule has 3 N–H and O–H groups in total. The van der Waals surface area contributed by atoms with Crippen molar-refractivity contribution in [2.45, 2.75) is 47.1 Å². The fourth-order valence-electron chi connectivity index (χ4n) is 2.32. The summed E-state index contributed by atoms with van der Waals surface area (Å²) in [7, 11) is 0. The number of rotatable bonds is 5. The van der Waals surface area contributed by atoms with Crippen LogP contribution in [0.4, 0.5) is 5.69 Å². The molecule has 0 spiro atoms. The Labute approximate surface area is 132 Å². The Balaban J connectivity index is 2.59. The third-order valence-corrected chi connectivity index (χ3v) is 3.42. The van der Waals surface area contributed by atoms with Gasteiger partial charge in [0.25, 0.3) is 0 Å². The van der Waals surface area contributed by atoms with Crippen LogP contribution in [0.5, 0.6) is 0 Å². The highest BCUT2D eigenvalue weighted by Gasteiger charge is 2.23. The van der Waals surface area contributed by atoms with Gasteiger partial charge >= 0.3 is 11.8 Å². The van der Waals surface area contributed by atoms with Gasteiger partial charge in [-0.05, 0) is 49.8 Å².